The predicted molar refractivity (Wildman–Crippen MR) is 130 cm³/mol. The first kappa shape index (κ1) is 22.3. The molecule has 0 spiro atoms. The number of halogens is 3. The van der Waals surface area contributed by atoms with Crippen LogP contribution in [0.3, 0.4) is 0 Å². The van der Waals surface area contributed by atoms with Crippen LogP contribution in [0.5, 0.6) is 0 Å². The summed E-state index contributed by atoms with van der Waals surface area (Å²) in [5.41, 5.74) is 4.98. The highest BCUT2D eigenvalue weighted by Crippen LogP contribution is 2.32. The number of rotatable bonds is 6. The Balaban J connectivity index is 1.43. The average Bonchev–Trinajstić information content (AvgIpc) is 3.28. The zero-order valence-corrected chi connectivity index (χ0v) is 18.5. The fraction of sp³-hybridized carbons (Fsp3) is 0.0741. The number of alkyl halides is 3. The molecule has 0 bridgehead atoms. The van der Waals surface area contributed by atoms with Crippen molar-refractivity contribution in [2.24, 2.45) is 0 Å². The Morgan fingerprint density at radius 3 is 2.54 bits per heavy atom. The van der Waals surface area contributed by atoms with Gasteiger partial charge in [0.05, 0.1) is 16.8 Å². The van der Waals surface area contributed by atoms with Crippen LogP contribution >= 0.6 is 0 Å². The lowest BCUT2D eigenvalue weighted by atomic mass is 10.0. The third kappa shape index (κ3) is 4.91. The lowest BCUT2D eigenvalue weighted by molar-refractivity contribution is -0.137. The summed E-state index contributed by atoms with van der Waals surface area (Å²) in [6.45, 7) is 3.97. The van der Waals surface area contributed by atoms with Crippen LogP contribution in [-0.4, -0.2) is 20.2 Å². The summed E-state index contributed by atoms with van der Waals surface area (Å²) in [5, 5.41) is 10.9. The second kappa shape index (κ2) is 9.06. The Morgan fingerprint density at radius 1 is 0.914 bits per heavy atom. The van der Waals surface area contributed by atoms with Crippen molar-refractivity contribution in [3.8, 4) is 11.1 Å². The maximum atomic E-state index is 13.0. The highest BCUT2D eigenvalue weighted by atomic mass is 19.4. The van der Waals surface area contributed by atoms with Crippen LogP contribution in [0.1, 0.15) is 22.4 Å². The molecule has 3 heterocycles. The van der Waals surface area contributed by atoms with Gasteiger partial charge in [0.15, 0.2) is 0 Å². The summed E-state index contributed by atoms with van der Waals surface area (Å²) >= 11 is 0. The smallest absolute Gasteiger partial charge is 0.339 e. The molecule has 5 aromatic rings. The number of fused-ring (bicyclic) bond motifs is 1. The van der Waals surface area contributed by atoms with E-state index in [0.29, 0.717) is 11.4 Å². The summed E-state index contributed by atoms with van der Waals surface area (Å²) in [5.74, 6) is 0.0370. The van der Waals surface area contributed by atoms with E-state index in [1.807, 2.05) is 42.6 Å². The van der Waals surface area contributed by atoms with Crippen molar-refractivity contribution in [3.63, 3.8) is 0 Å². The number of aromatic nitrogens is 4. The van der Waals surface area contributed by atoms with Crippen molar-refractivity contribution >= 4 is 22.4 Å². The SMILES string of the molecule is C=C(Nc1cc(C(F)(F)F)ccn1)c1n[nH]c2ccc(-c3cncc(Cc4ccccc4)c3)cc12. The van der Waals surface area contributed by atoms with Crippen molar-refractivity contribution in [1.82, 2.24) is 20.2 Å². The molecular weight excluding hydrogens is 451 g/mol. The molecule has 174 valence electrons. The maximum absolute atomic E-state index is 13.0. The topological polar surface area (TPSA) is 66.5 Å². The number of pyridine rings is 2. The van der Waals surface area contributed by atoms with Gasteiger partial charge in [0.1, 0.15) is 11.5 Å². The highest BCUT2D eigenvalue weighted by Gasteiger charge is 2.30. The molecule has 35 heavy (non-hydrogen) atoms. The van der Waals surface area contributed by atoms with Gasteiger partial charge in [-0.15, -0.1) is 0 Å². The standard InChI is InChI=1S/C27H20F3N5/c1-17(33-25-14-22(9-10-32-25)27(28,29)30)26-23-13-20(7-8-24(23)34-35-26)21-12-19(15-31-16-21)11-18-5-3-2-4-6-18/h2-10,12-16H,1,11H2,(H,32,33)(H,34,35). The molecule has 0 aliphatic heterocycles. The van der Waals surface area contributed by atoms with E-state index in [9.17, 15) is 13.2 Å². The first-order chi connectivity index (χ1) is 16.9. The molecule has 5 nitrogen and oxygen atoms in total. The number of H-pyrrole nitrogens is 1. The van der Waals surface area contributed by atoms with Crippen LogP contribution in [0.15, 0.2) is 91.9 Å². The van der Waals surface area contributed by atoms with Crippen molar-refractivity contribution in [3.05, 3.63) is 114 Å². The Morgan fingerprint density at radius 2 is 1.74 bits per heavy atom. The van der Waals surface area contributed by atoms with Crippen LogP contribution in [0.25, 0.3) is 27.7 Å². The summed E-state index contributed by atoms with van der Waals surface area (Å²) in [6, 6.07) is 20.0. The molecule has 0 radical (unpaired) electrons. The third-order valence-corrected chi connectivity index (χ3v) is 5.59. The summed E-state index contributed by atoms with van der Waals surface area (Å²) < 4.78 is 39.1. The Bertz CT molecular complexity index is 1510. The summed E-state index contributed by atoms with van der Waals surface area (Å²) in [6.07, 6.45) is 1.07. The minimum atomic E-state index is -4.46. The van der Waals surface area contributed by atoms with Crippen LogP contribution in [0, 0.1) is 0 Å². The van der Waals surface area contributed by atoms with Gasteiger partial charge in [-0.25, -0.2) is 4.98 Å². The fourth-order valence-electron chi connectivity index (χ4n) is 3.89. The van der Waals surface area contributed by atoms with Crippen LogP contribution in [-0.2, 0) is 12.6 Å². The van der Waals surface area contributed by atoms with E-state index in [1.165, 1.54) is 5.56 Å². The number of benzene rings is 2. The Kier molecular flexibility index (Phi) is 5.78. The molecule has 3 aromatic heterocycles. The molecule has 2 aromatic carbocycles. The molecule has 0 aliphatic carbocycles. The van der Waals surface area contributed by atoms with Crippen LogP contribution in [0.2, 0.25) is 0 Å². The molecule has 2 N–H and O–H groups in total. The second-order valence-corrected chi connectivity index (χ2v) is 8.11. The van der Waals surface area contributed by atoms with Gasteiger partial charge in [-0.05, 0) is 53.4 Å². The van der Waals surface area contributed by atoms with Gasteiger partial charge in [0.2, 0.25) is 0 Å². The lowest BCUT2D eigenvalue weighted by Gasteiger charge is -2.11. The highest BCUT2D eigenvalue weighted by molar-refractivity contribution is 5.94. The minimum absolute atomic E-state index is 0.0370. The summed E-state index contributed by atoms with van der Waals surface area (Å²) in [7, 11) is 0. The van der Waals surface area contributed by atoms with Crippen LogP contribution < -0.4 is 5.32 Å². The minimum Gasteiger partial charge on any atom is -0.339 e. The van der Waals surface area contributed by atoms with Crippen molar-refractivity contribution in [2.75, 3.05) is 5.32 Å². The largest absolute Gasteiger partial charge is 0.416 e. The number of nitrogens with one attached hydrogen (secondary N) is 2. The van der Waals surface area contributed by atoms with E-state index in [2.05, 4.69) is 50.3 Å². The Hall–Kier alpha value is -4.46. The van der Waals surface area contributed by atoms with E-state index in [-0.39, 0.29) is 5.82 Å². The van der Waals surface area contributed by atoms with Crippen molar-refractivity contribution < 1.29 is 13.2 Å². The molecule has 0 fully saturated rings. The predicted octanol–water partition coefficient (Wildman–Crippen LogP) is 6.71. The Labute approximate surface area is 199 Å². The van der Waals surface area contributed by atoms with E-state index in [0.717, 1.165) is 52.3 Å². The van der Waals surface area contributed by atoms with Gasteiger partial charge in [0.25, 0.3) is 0 Å². The second-order valence-electron chi connectivity index (χ2n) is 8.11. The maximum Gasteiger partial charge on any atom is 0.416 e. The number of hydrogen-bond acceptors (Lipinski definition) is 4. The molecule has 0 amide bonds. The van der Waals surface area contributed by atoms with Gasteiger partial charge in [-0.3, -0.25) is 10.1 Å². The number of aromatic amines is 1. The molecule has 0 atom stereocenters. The average molecular weight is 471 g/mol. The van der Waals surface area contributed by atoms with Gasteiger partial charge in [-0.1, -0.05) is 43.0 Å². The van der Waals surface area contributed by atoms with Gasteiger partial charge >= 0.3 is 6.18 Å². The molecular formula is C27H20F3N5. The van der Waals surface area contributed by atoms with Crippen molar-refractivity contribution in [2.45, 2.75) is 12.6 Å². The summed E-state index contributed by atoms with van der Waals surface area (Å²) in [4.78, 5) is 8.39. The molecule has 0 saturated heterocycles. The van der Waals surface area contributed by atoms with Gasteiger partial charge in [-0.2, -0.15) is 18.3 Å². The van der Waals surface area contributed by atoms with Gasteiger partial charge < -0.3 is 5.32 Å². The number of hydrogen-bond donors (Lipinski definition) is 2. The quantitative estimate of drug-likeness (QED) is 0.289. The lowest BCUT2D eigenvalue weighted by Crippen LogP contribution is -2.07. The molecule has 0 saturated carbocycles. The monoisotopic (exact) mass is 471 g/mol. The normalized spacial score (nSPS) is 11.5. The fourth-order valence-corrected chi connectivity index (χ4v) is 3.89. The van der Waals surface area contributed by atoms with Crippen LogP contribution in [0.4, 0.5) is 19.0 Å². The van der Waals surface area contributed by atoms with E-state index >= 15 is 0 Å². The number of nitrogens with zero attached hydrogens (tertiary/aromatic N) is 3. The van der Waals surface area contributed by atoms with E-state index in [4.69, 9.17) is 0 Å². The zero-order valence-electron chi connectivity index (χ0n) is 18.5. The van der Waals surface area contributed by atoms with E-state index < -0.39 is 11.7 Å². The molecule has 0 aliphatic rings. The van der Waals surface area contributed by atoms with Crippen molar-refractivity contribution in [1.29, 1.82) is 0 Å². The molecule has 8 heteroatoms. The number of anilines is 1. The third-order valence-electron chi connectivity index (χ3n) is 5.59. The molecule has 5 rings (SSSR count). The molecule has 0 unspecified atom stereocenters. The zero-order chi connectivity index (χ0) is 24.4. The first-order valence-electron chi connectivity index (χ1n) is 10.8. The van der Waals surface area contributed by atoms with E-state index in [1.54, 1.807) is 6.20 Å². The van der Waals surface area contributed by atoms with Gasteiger partial charge in [0, 0.05) is 29.5 Å². The first-order valence-corrected chi connectivity index (χ1v) is 10.8.